The molecule has 0 heterocycles. The lowest BCUT2D eigenvalue weighted by Gasteiger charge is -2.13. The zero-order valence-electron chi connectivity index (χ0n) is 16.8. The Morgan fingerprint density at radius 1 is 0.879 bits per heavy atom. The van der Waals surface area contributed by atoms with Crippen LogP contribution in [0.25, 0.3) is 0 Å². The lowest BCUT2D eigenvalue weighted by Crippen LogP contribution is -2.16. The molecule has 0 fully saturated rings. The van der Waals surface area contributed by atoms with E-state index < -0.39 is 40.7 Å². The number of methoxy groups -OCH3 is 1. The van der Waals surface area contributed by atoms with Gasteiger partial charge in [0, 0.05) is 0 Å². The number of hydrogen-bond acceptors (Lipinski definition) is 4. The highest BCUT2D eigenvalue weighted by atomic mass is 19.4. The zero-order chi connectivity index (χ0) is 24.2. The molecule has 0 saturated heterocycles. The topological polar surface area (TPSA) is 42.8 Å². The number of nitrogens with one attached hydrogen (secondary N) is 1. The Morgan fingerprint density at radius 2 is 1.52 bits per heavy atom. The molecule has 0 saturated carbocycles. The molecule has 0 unspecified atom stereocenters. The van der Waals surface area contributed by atoms with Crippen LogP contribution in [-0.2, 0) is 12.8 Å². The average Bonchev–Trinajstić information content (AvgIpc) is 2.78. The number of alkyl halides is 3. The Bertz CT molecular complexity index is 1140. The molecular weight excluding hydrogens is 457 g/mol. The minimum atomic E-state index is -5.63. The molecule has 174 valence electrons. The minimum Gasteiger partial charge on any atom is -0.493 e. The van der Waals surface area contributed by atoms with E-state index in [1.54, 1.807) is 5.43 Å². The number of benzene rings is 3. The second kappa shape index (κ2) is 9.80. The first kappa shape index (κ1) is 23.9. The second-order valence-electron chi connectivity index (χ2n) is 6.56. The number of rotatable bonds is 7. The van der Waals surface area contributed by atoms with Crippen molar-refractivity contribution in [2.45, 2.75) is 12.8 Å². The average molecular weight is 472 g/mol. The third-order valence-corrected chi connectivity index (χ3v) is 4.36. The Balaban J connectivity index is 1.78. The molecule has 0 amide bonds. The van der Waals surface area contributed by atoms with Crippen LogP contribution >= 0.6 is 0 Å². The van der Waals surface area contributed by atoms with Crippen molar-refractivity contribution in [2.24, 2.45) is 5.10 Å². The molecule has 0 bridgehead atoms. The zero-order valence-corrected chi connectivity index (χ0v) is 16.8. The Kier molecular flexibility index (Phi) is 7.10. The van der Waals surface area contributed by atoms with Crippen LogP contribution in [-0.4, -0.2) is 13.3 Å². The van der Waals surface area contributed by atoms with Gasteiger partial charge in [-0.05, 0) is 29.3 Å². The molecule has 3 aromatic rings. The van der Waals surface area contributed by atoms with E-state index in [0.717, 1.165) is 11.8 Å². The van der Waals surface area contributed by atoms with Crippen molar-refractivity contribution in [1.29, 1.82) is 0 Å². The van der Waals surface area contributed by atoms with Gasteiger partial charge in [0.15, 0.2) is 34.8 Å². The van der Waals surface area contributed by atoms with Gasteiger partial charge < -0.3 is 9.47 Å². The molecule has 33 heavy (non-hydrogen) atoms. The van der Waals surface area contributed by atoms with Crippen molar-refractivity contribution in [1.82, 2.24) is 0 Å². The van der Waals surface area contributed by atoms with Crippen LogP contribution in [0.2, 0.25) is 0 Å². The van der Waals surface area contributed by atoms with Crippen LogP contribution in [0.15, 0.2) is 53.6 Å². The SMILES string of the molecule is COc1cc(/C=N\Nc2c(F)c(F)c(C(F)(F)F)c(F)c2F)ccc1OCc1ccccc1. The van der Waals surface area contributed by atoms with Gasteiger partial charge in [0.2, 0.25) is 0 Å². The maximum atomic E-state index is 13.9. The van der Waals surface area contributed by atoms with Gasteiger partial charge in [-0.15, -0.1) is 0 Å². The lowest BCUT2D eigenvalue weighted by atomic mass is 10.1. The normalized spacial score (nSPS) is 11.6. The van der Waals surface area contributed by atoms with Gasteiger partial charge in [0.1, 0.15) is 17.9 Å². The van der Waals surface area contributed by atoms with E-state index in [1.165, 1.54) is 25.3 Å². The van der Waals surface area contributed by atoms with Gasteiger partial charge in [0.25, 0.3) is 0 Å². The maximum absolute atomic E-state index is 13.9. The Hall–Kier alpha value is -3.76. The molecule has 11 heteroatoms. The van der Waals surface area contributed by atoms with Crippen molar-refractivity contribution >= 4 is 11.9 Å². The Morgan fingerprint density at radius 3 is 2.09 bits per heavy atom. The van der Waals surface area contributed by atoms with Gasteiger partial charge in [-0.3, -0.25) is 5.43 Å². The van der Waals surface area contributed by atoms with Crippen LogP contribution in [0, 0.1) is 23.3 Å². The summed E-state index contributed by atoms with van der Waals surface area (Å²) < 4.78 is 104. The smallest absolute Gasteiger partial charge is 0.422 e. The first-order chi connectivity index (χ1) is 15.6. The monoisotopic (exact) mass is 472 g/mol. The number of hydrogen-bond donors (Lipinski definition) is 1. The molecule has 0 radical (unpaired) electrons. The van der Waals surface area contributed by atoms with E-state index >= 15 is 0 Å². The van der Waals surface area contributed by atoms with Crippen molar-refractivity contribution in [3.63, 3.8) is 0 Å². The van der Waals surface area contributed by atoms with Crippen LogP contribution in [0.4, 0.5) is 36.4 Å². The van der Waals surface area contributed by atoms with Crippen molar-refractivity contribution in [2.75, 3.05) is 12.5 Å². The first-order valence-electron chi connectivity index (χ1n) is 9.20. The minimum absolute atomic E-state index is 0.260. The molecule has 3 rings (SSSR count). The highest BCUT2D eigenvalue weighted by molar-refractivity contribution is 5.81. The first-order valence-corrected chi connectivity index (χ1v) is 9.20. The van der Waals surface area contributed by atoms with Crippen LogP contribution < -0.4 is 14.9 Å². The van der Waals surface area contributed by atoms with E-state index in [2.05, 4.69) is 5.10 Å². The largest absolute Gasteiger partial charge is 0.493 e. The number of hydrazone groups is 1. The maximum Gasteiger partial charge on any atom is 0.422 e. The summed E-state index contributed by atoms with van der Waals surface area (Å²) in [7, 11) is 1.38. The lowest BCUT2D eigenvalue weighted by molar-refractivity contribution is -0.143. The quantitative estimate of drug-likeness (QED) is 0.190. The fraction of sp³-hybridized carbons (Fsp3) is 0.136. The summed E-state index contributed by atoms with van der Waals surface area (Å²) in [6.07, 6.45) is -4.62. The van der Waals surface area contributed by atoms with Gasteiger partial charge in [-0.25, -0.2) is 17.6 Å². The number of halogens is 7. The number of nitrogens with zero attached hydrogens (tertiary/aromatic N) is 1. The number of anilines is 1. The van der Waals surface area contributed by atoms with E-state index in [1.807, 2.05) is 30.3 Å². The summed E-state index contributed by atoms with van der Waals surface area (Å²) in [5.41, 5.74) is -1.25. The highest BCUT2D eigenvalue weighted by Crippen LogP contribution is 2.38. The molecule has 0 aliphatic rings. The van der Waals surface area contributed by atoms with E-state index in [4.69, 9.17) is 9.47 Å². The molecule has 0 atom stereocenters. The van der Waals surface area contributed by atoms with Crippen molar-refractivity contribution in [3.05, 3.63) is 88.5 Å². The molecule has 1 N–H and O–H groups in total. The predicted octanol–water partition coefficient (Wildman–Crippen LogP) is 6.30. The van der Waals surface area contributed by atoms with Crippen LogP contribution in [0.5, 0.6) is 11.5 Å². The second-order valence-corrected chi connectivity index (χ2v) is 6.56. The molecular formula is C22H15F7N2O2. The fourth-order valence-electron chi connectivity index (χ4n) is 2.77. The van der Waals surface area contributed by atoms with Gasteiger partial charge in [0.05, 0.1) is 13.3 Å². The van der Waals surface area contributed by atoms with Crippen molar-refractivity contribution in [3.8, 4) is 11.5 Å². The third kappa shape index (κ3) is 5.36. The standard InChI is InChI=1S/C22H15F7N2O2/c1-32-15-9-13(7-8-14(15)33-11-12-5-3-2-4-6-12)10-30-31-21-19(25)17(23)16(22(27,28)29)18(24)20(21)26/h2-10,31H,11H2,1H3/b30-10-. The Labute approximate surface area is 183 Å². The van der Waals surface area contributed by atoms with Crippen molar-refractivity contribution < 1.29 is 40.2 Å². The summed E-state index contributed by atoms with van der Waals surface area (Å²) in [6, 6.07) is 13.8. The summed E-state index contributed by atoms with van der Waals surface area (Å²) >= 11 is 0. The third-order valence-electron chi connectivity index (χ3n) is 4.36. The van der Waals surface area contributed by atoms with Gasteiger partial charge in [-0.1, -0.05) is 30.3 Å². The van der Waals surface area contributed by atoms with Crippen LogP contribution in [0.3, 0.4) is 0 Å². The van der Waals surface area contributed by atoms with Gasteiger partial charge in [-0.2, -0.15) is 18.3 Å². The molecule has 3 aromatic carbocycles. The van der Waals surface area contributed by atoms with E-state index in [-0.39, 0.29) is 6.61 Å². The summed E-state index contributed by atoms with van der Waals surface area (Å²) in [6.45, 7) is 0.260. The molecule has 0 aliphatic carbocycles. The van der Waals surface area contributed by atoms with Gasteiger partial charge >= 0.3 is 6.18 Å². The molecule has 4 nitrogen and oxygen atoms in total. The fourth-order valence-corrected chi connectivity index (χ4v) is 2.77. The predicted molar refractivity (Wildman–Crippen MR) is 106 cm³/mol. The summed E-state index contributed by atoms with van der Waals surface area (Å²) in [5, 5.41) is 3.44. The van der Waals surface area contributed by atoms with Crippen LogP contribution in [0.1, 0.15) is 16.7 Å². The summed E-state index contributed by atoms with van der Waals surface area (Å²) in [4.78, 5) is 0. The molecule has 0 spiro atoms. The highest BCUT2D eigenvalue weighted by Gasteiger charge is 2.42. The van der Waals surface area contributed by atoms with E-state index in [9.17, 15) is 30.7 Å². The molecule has 0 aliphatic heterocycles. The molecule has 0 aromatic heterocycles. The number of ether oxygens (including phenoxy) is 2. The van der Waals surface area contributed by atoms with E-state index in [0.29, 0.717) is 17.1 Å². The summed E-state index contributed by atoms with van der Waals surface area (Å²) in [5.74, 6) is -9.02.